The fourth-order valence-corrected chi connectivity index (χ4v) is 2.77. The first kappa shape index (κ1) is 17.2. The maximum absolute atomic E-state index is 11.6. The Kier molecular flexibility index (Phi) is 4.90. The fraction of sp³-hybridized carbons (Fsp3) is 0.278. The highest BCUT2D eigenvalue weighted by Gasteiger charge is 2.14. The zero-order valence-electron chi connectivity index (χ0n) is 14.3. The predicted octanol–water partition coefficient (Wildman–Crippen LogP) is 4.11. The summed E-state index contributed by atoms with van der Waals surface area (Å²) in [6.45, 7) is 5.98. The van der Waals surface area contributed by atoms with E-state index in [1.807, 2.05) is 35.7 Å². The predicted molar refractivity (Wildman–Crippen MR) is 98.3 cm³/mol. The second-order valence-electron chi connectivity index (χ2n) is 5.75. The molecule has 0 atom stereocenters. The molecule has 0 fully saturated rings. The van der Waals surface area contributed by atoms with Gasteiger partial charge < -0.3 is 10.1 Å². The fourth-order valence-electron chi connectivity index (χ4n) is 2.60. The molecule has 0 aliphatic carbocycles. The summed E-state index contributed by atoms with van der Waals surface area (Å²) in [4.78, 5) is 11.6. The summed E-state index contributed by atoms with van der Waals surface area (Å²) in [5.74, 6) is 1.29. The number of nitrogens with one attached hydrogen (secondary N) is 1. The van der Waals surface area contributed by atoms with Crippen LogP contribution in [0.2, 0.25) is 5.02 Å². The van der Waals surface area contributed by atoms with E-state index in [0.717, 1.165) is 29.1 Å². The Morgan fingerprint density at radius 2 is 2.12 bits per heavy atom. The van der Waals surface area contributed by atoms with Crippen LogP contribution in [0.4, 0.5) is 5.69 Å². The van der Waals surface area contributed by atoms with E-state index in [1.165, 1.54) is 6.92 Å². The van der Waals surface area contributed by atoms with Gasteiger partial charge in [-0.05, 0) is 37.6 Å². The molecule has 0 saturated carbocycles. The van der Waals surface area contributed by atoms with Gasteiger partial charge in [0.25, 0.3) is 0 Å². The van der Waals surface area contributed by atoms with Gasteiger partial charge in [0.2, 0.25) is 5.91 Å². The average molecular weight is 359 g/mol. The van der Waals surface area contributed by atoms with Crippen molar-refractivity contribution in [1.82, 2.24) is 14.6 Å². The van der Waals surface area contributed by atoms with Crippen molar-refractivity contribution in [3.05, 3.63) is 41.3 Å². The number of amides is 1. The van der Waals surface area contributed by atoms with Crippen LogP contribution in [0.5, 0.6) is 5.75 Å². The molecule has 2 aromatic heterocycles. The van der Waals surface area contributed by atoms with Gasteiger partial charge in [-0.1, -0.05) is 18.5 Å². The Balaban J connectivity index is 2.20. The maximum Gasteiger partial charge on any atom is 0.221 e. The number of pyridine rings is 1. The minimum atomic E-state index is -0.173. The lowest BCUT2D eigenvalue weighted by atomic mass is 10.1. The summed E-state index contributed by atoms with van der Waals surface area (Å²) in [7, 11) is 0. The minimum absolute atomic E-state index is 0.173. The molecule has 6 nitrogen and oxygen atoms in total. The monoisotopic (exact) mass is 358 g/mol. The molecule has 25 heavy (non-hydrogen) atoms. The number of ether oxygens (including phenoxy) is 1. The van der Waals surface area contributed by atoms with Crippen LogP contribution < -0.4 is 10.1 Å². The van der Waals surface area contributed by atoms with Gasteiger partial charge >= 0.3 is 0 Å². The summed E-state index contributed by atoms with van der Waals surface area (Å²) in [5.41, 5.74) is 2.89. The van der Waals surface area contributed by atoms with Crippen LogP contribution in [0.3, 0.4) is 0 Å². The second kappa shape index (κ2) is 7.11. The van der Waals surface area contributed by atoms with Gasteiger partial charge in [0, 0.05) is 29.3 Å². The van der Waals surface area contributed by atoms with Crippen molar-refractivity contribution in [2.45, 2.75) is 27.2 Å². The topological polar surface area (TPSA) is 68.5 Å². The normalized spacial score (nSPS) is 10.9. The third-order valence-electron chi connectivity index (χ3n) is 3.70. The van der Waals surface area contributed by atoms with E-state index in [1.54, 1.807) is 6.07 Å². The molecule has 0 saturated heterocycles. The van der Waals surface area contributed by atoms with Gasteiger partial charge in [0.1, 0.15) is 11.6 Å². The van der Waals surface area contributed by atoms with Crippen LogP contribution in [-0.2, 0) is 4.79 Å². The van der Waals surface area contributed by atoms with E-state index >= 15 is 0 Å². The van der Waals surface area contributed by atoms with Gasteiger partial charge in [0.05, 0.1) is 12.3 Å². The van der Waals surface area contributed by atoms with Crippen molar-refractivity contribution in [2.75, 3.05) is 11.9 Å². The van der Waals surface area contributed by atoms with E-state index in [9.17, 15) is 4.79 Å². The molecule has 0 aliphatic rings. The van der Waals surface area contributed by atoms with E-state index in [4.69, 9.17) is 16.3 Å². The number of carbonyl (C=O) groups excluding carboxylic acids is 1. The zero-order valence-corrected chi connectivity index (χ0v) is 15.1. The van der Waals surface area contributed by atoms with Crippen LogP contribution in [-0.4, -0.2) is 27.1 Å². The average Bonchev–Trinajstić information content (AvgIpc) is 2.95. The van der Waals surface area contributed by atoms with E-state index in [2.05, 4.69) is 22.4 Å². The molecule has 0 bridgehead atoms. The molecule has 130 valence electrons. The summed E-state index contributed by atoms with van der Waals surface area (Å²) in [6, 6.07) is 7.36. The van der Waals surface area contributed by atoms with Gasteiger partial charge in [-0.15, -0.1) is 10.2 Å². The van der Waals surface area contributed by atoms with Crippen LogP contribution >= 0.6 is 11.6 Å². The number of benzene rings is 1. The van der Waals surface area contributed by atoms with Crippen molar-refractivity contribution in [2.24, 2.45) is 0 Å². The Morgan fingerprint density at radius 1 is 1.32 bits per heavy atom. The van der Waals surface area contributed by atoms with E-state index < -0.39 is 0 Å². The van der Waals surface area contributed by atoms with Crippen molar-refractivity contribution >= 4 is 28.8 Å². The number of aromatic nitrogens is 3. The van der Waals surface area contributed by atoms with Crippen LogP contribution in [0.25, 0.3) is 16.8 Å². The molecular formula is C18H19ClN4O2. The third kappa shape index (κ3) is 3.58. The summed E-state index contributed by atoms with van der Waals surface area (Å²) < 4.78 is 7.69. The standard InChI is InChI=1S/C18H19ClN4O2/c1-4-7-25-17-6-5-14(19)9-15(17)13-8-16(20-12(3)24)18-22-21-11(2)23(18)10-13/h5-6,8-10H,4,7H2,1-3H3,(H,20,24). The van der Waals surface area contributed by atoms with E-state index in [0.29, 0.717) is 23.0 Å². The SMILES string of the molecule is CCCOc1ccc(Cl)cc1-c1cc(NC(C)=O)c2nnc(C)n2c1. The van der Waals surface area contributed by atoms with Gasteiger partial charge in [-0.3, -0.25) is 9.20 Å². The number of carbonyl (C=O) groups is 1. The van der Waals surface area contributed by atoms with Crippen molar-refractivity contribution in [3.63, 3.8) is 0 Å². The lowest BCUT2D eigenvalue weighted by Gasteiger charge is -2.14. The molecule has 2 heterocycles. The summed E-state index contributed by atoms with van der Waals surface area (Å²) >= 11 is 6.20. The Labute approximate surface area is 150 Å². The Morgan fingerprint density at radius 3 is 2.84 bits per heavy atom. The molecule has 1 amide bonds. The Hall–Kier alpha value is -2.60. The minimum Gasteiger partial charge on any atom is -0.493 e. The first-order valence-corrected chi connectivity index (χ1v) is 8.43. The van der Waals surface area contributed by atoms with Gasteiger partial charge in [0.15, 0.2) is 5.65 Å². The highest BCUT2D eigenvalue weighted by atomic mass is 35.5. The quantitative estimate of drug-likeness (QED) is 0.745. The largest absolute Gasteiger partial charge is 0.493 e. The molecular weight excluding hydrogens is 340 g/mol. The number of halogens is 1. The van der Waals surface area contributed by atoms with Gasteiger partial charge in [-0.25, -0.2) is 0 Å². The highest BCUT2D eigenvalue weighted by Crippen LogP contribution is 2.35. The zero-order chi connectivity index (χ0) is 18.0. The molecule has 0 radical (unpaired) electrons. The van der Waals surface area contributed by atoms with Crippen LogP contribution in [0.1, 0.15) is 26.1 Å². The van der Waals surface area contributed by atoms with Crippen LogP contribution in [0.15, 0.2) is 30.5 Å². The van der Waals surface area contributed by atoms with Crippen molar-refractivity contribution < 1.29 is 9.53 Å². The molecule has 3 aromatic rings. The Bertz CT molecular complexity index is 936. The number of hydrogen-bond donors (Lipinski definition) is 1. The van der Waals surface area contributed by atoms with Gasteiger partial charge in [-0.2, -0.15) is 0 Å². The highest BCUT2D eigenvalue weighted by molar-refractivity contribution is 6.31. The molecule has 7 heteroatoms. The number of rotatable bonds is 5. The lowest BCUT2D eigenvalue weighted by Crippen LogP contribution is -2.08. The molecule has 3 rings (SSSR count). The number of hydrogen-bond acceptors (Lipinski definition) is 4. The molecule has 0 aliphatic heterocycles. The smallest absolute Gasteiger partial charge is 0.221 e. The first-order valence-electron chi connectivity index (χ1n) is 8.05. The number of anilines is 1. The third-order valence-corrected chi connectivity index (χ3v) is 3.94. The molecule has 1 aromatic carbocycles. The first-order chi connectivity index (χ1) is 12.0. The molecule has 0 spiro atoms. The number of aryl methyl sites for hydroxylation is 1. The molecule has 1 N–H and O–H groups in total. The maximum atomic E-state index is 11.6. The lowest BCUT2D eigenvalue weighted by molar-refractivity contribution is -0.114. The number of nitrogens with zero attached hydrogens (tertiary/aromatic N) is 3. The second-order valence-corrected chi connectivity index (χ2v) is 6.19. The van der Waals surface area contributed by atoms with Crippen molar-refractivity contribution in [3.8, 4) is 16.9 Å². The van der Waals surface area contributed by atoms with Crippen LogP contribution in [0, 0.1) is 6.92 Å². The summed E-state index contributed by atoms with van der Waals surface area (Å²) in [6.07, 6.45) is 2.82. The number of fused-ring (bicyclic) bond motifs is 1. The molecule has 0 unspecified atom stereocenters. The van der Waals surface area contributed by atoms with Crippen molar-refractivity contribution in [1.29, 1.82) is 0 Å². The summed E-state index contributed by atoms with van der Waals surface area (Å²) in [5, 5.41) is 11.7. The van der Waals surface area contributed by atoms with E-state index in [-0.39, 0.29) is 5.91 Å².